The molecule has 30 heavy (non-hydrogen) atoms. The summed E-state index contributed by atoms with van der Waals surface area (Å²) >= 11 is 0. The van der Waals surface area contributed by atoms with Crippen molar-refractivity contribution >= 4 is 17.4 Å². The van der Waals surface area contributed by atoms with Gasteiger partial charge in [0.15, 0.2) is 0 Å². The minimum atomic E-state index is -1.04. The Bertz CT molecular complexity index is 1170. The number of hydrogen-bond donors (Lipinski definition) is 2. The monoisotopic (exact) mass is 401 g/mol. The third-order valence-electron chi connectivity index (χ3n) is 5.06. The van der Waals surface area contributed by atoms with Gasteiger partial charge in [-0.2, -0.15) is 0 Å². The molecule has 0 fully saturated rings. The van der Waals surface area contributed by atoms with E-state index in [0.29, 0.717) is 17.0 Å². The molecule has 6 heteroatoms. The van der Waals surface area contributed by atoms with Crippen molar-refractivity contribution in [3.63, 3.8) is 0 Å². The molecular weight excluding hydrogens is 378 g/mol. The first-order valence-corrected chi connectivity index (χ1v) is 9.39. The molecule has 0 aliphatic rings. The van der Waals surface area contributed by atoms with Crippen molar-refractivity contribution in [1.29, 1.82) is 0 Å². The lowest BCUT2D eigenvalue weighted by Crippen LogP contribution is -2.17. The zero-order valence-corrected chi connectivity index (χ0v) is 17.4. The summed E-state index contributed by atoms with van der Waals surface area (Å²) in [5.41, 5.74) is 13.0. The molecular formula is C24H23N3O3. The average molecular weight is 401 g/mol. The van der Waals surface area contributed by atoms with Gasteiger partial charge in [-0.1, -0.05) is 30.8 Å². The second-order valence-electron chi connectivity index (χ2n) is 7.30. The highest BCUT2D eigenvalue weighted by atomic mass is 16.4. The number of carboxylic acids is 1. The molecule has 3 aromatic rings. The SMILES string of the molecule is C=C(C(=O)O)c1ccc(-c2c(C)cc(-c3nc(C(N)=O)c(C)nc3C)cc2C)cc1. The minimum absolute atomic E-state index is 0.0593. The minimum Gasteiger partial charge on any atom is -0.478 e. The number of hydrogen-bond acceptors (Lipinski definition) is 4. The van der Waals surface area contributed by atoms with Crippen LogP contribution in [-0.4, -0.2) is 27.0 Å². The molecule has 0 saturated carbocycles. The molecule has 0 aliphatic carbocycles. The number of nitrogens with zero attached hydrogens (tertiary/aromatic N) is 2. The van der Waals surface area contributed by atoms with Gasteiger partial charge in [-0.25, -0.2) is 9.78 Å². The fraction of sp³-hybridized carbons (Fsp3) is 0.167. The van der Waals surface area contributed by atoms with Gasteiger partial charge in [0.2, 0.25) is 0 Å². The molecule has 0 unspecified atom stereocenters. The third-order valence-corrected chi connectivity index (χ3v) is 5.06. The maximum atomic E-state index is 11.7. The van der Waals surface area contributed by atoms with Crippen LogP contribution in [0.2, 0.25) is 0 Å². The van der Waals surface area contributed by atoms with E-state index < -0.39 is 11.9 Å². The number of carbonyl (C=O) groups is 2. The summed E-state index contributed by atoms with van der Waals surface area (Å²) in [5.74, 6) is -1.64. The Morgan fingerprint density at radius 3 is 1.97 bits per heavy atom. The Kier molecular flexibility index (Phi) is 5.52. The lowest BCUT2D eigenvalue weighted by molar-refractivity contribution is -0.130. The van der Waals surface area contributed by atoms with Crippen LogP contribution >= 0.6 is 0 Å². The van der Waals surface area contributed by atoms with Crippen LogP contribution in [0.1, 0.15) is 38.6 Å². The molecule has 1 amide bonds. The van der Waals surface area contributed by atoms with Crippen molar-refractivity contribution in [1.82, 2.24) is 9.97 Å². The molecule has 0 atom stereocenters. The van der Waals surface area contributed by atoms with Crippen molar-refractivity contribution in [2.24, 2.45) is 5.73 Å². The molecule has 0 aliphatic heterocycles. The summed E-state index contributed by atoms with van der Waals surface area (Å²) < 4.78 is 0. The quantitative estimate of drug-likeness (QED) is 0.622. The Morgan fingerprint density at radius 2 is 1.47 bits per heavy atom. The van der Waals surface area contributed by atoms with Crippen molar-refractivity contribution < 1.29 is 14.7 Å². The maximum absolute atomic E-state index is 11.7. The van der Waals surface area contributed by atoms with E-state index >= 15 is 0 Å². The molecule has 2 aromatic carbocycles. The fourth-order valence-electron chi connectivity index (χ4n) is 3.66. The molecule has 3 rings (SSSR count). The summed E-state index contributed by atoms with van der Waals surface area (Å²) in [6, 6.07) is 11.3. The topological polar surface area (TPSA) is 106 Å². The summed E-state index contributed by atoms with van der Waals surface area (Å²) in [4.78, 5) is 31.7. The van der Waals surface area contributed by atoms with Gasteiger partial charge in [-0.15, -0.1) is 0 Å². The number of nitrogens with two attached hydrogens (primary N) is 1. The Labute approximate surface area is 175 Å². The second-order valence-corrected chi connectivity index (χ2v) is 7.30. The Balaban J connectivity index is 2.07. The van der Waals surface area contributed by atoms with Crippen molar-refractivity contribution in [2.45, 2.75) is 27.7 Å². The number of primary amides is 1. The van der Waals surface area contributed by atoms with E-state index in [9.17, 15) is 9.59 Å². The maximum Gasteiger partial charge on any atom is 0.335 e. The van der Waals surface area contributed by atoms with Crippen molar-refractivity contribution in [2.75, 3.05) is 0 Å². The van der Waals surface area contributed by atoms with E-state index in [2.05, 4.69) is 16.5 Å². The average Bonchev–Trinajstić information content (AvgIpc) is 2.67. The van der Waals surface area contributed by atoms with E-state index in [4.69, 9.17) is 10.8 Å². The normalized spacial score (nSPS) is 10.7. The van der Waals surface area contributed by atoms with E-state index in [0.717, 1.165) is 33.5 Å². The molecule has 152 valence electrons. The molecule has 1 heterocycles. The van der Waals surface area contributed by atoms with Gasteiger partial charge in [0.1, 0.15) is 5.69 Å². The molecule has 3 N–H and O–H groups in total. The predicted molar refractivity (Wildman–Crippen MR) is 117 cm³/mol. The predicted octanol–water partition coefficient (Wildman–Crippen LogP) is 4.24. The highest BCUT2D eigenvalue weighted by Crippen LogP contribution is 2.33. The van der Waals surface area contributed by atoms with Crippen LogP contribution in [0.5, 0.6) is 0 Å². The molecule has 6 nitrogen and oxygen atoms in total. The Hall–Kier alpha value is -3.80. The van der Waals surface area contributed by atoms with Gasteiger partial charge in [0.05, 0.1) is 22.7 Å². The molecule has 0 radical (unpaired) electrons. The molecule has 0 spiro atoms. The van der Waals surface area contributed by atoms with Crippen LogP contribution in [0.25, 0.3) is 28.0 Å². The summed E-state index contributed by atoms with van der Waals surface area (Å²) in [6.45, 7) is 11.2. The summed E-state index contributed by atoms with van der Waals surface area (Å²) in [6.07, 6.45) is 0. The fourth-order valence-corrected chi connectivity index (χ4v) is 3.66. The summed E-state index contributed by atoms with van der Waals surface area (Å²) in [7, 11) is 0. The third kappa shape index (κ3) is 3.85. The van der Waals surface area contributed by atoms with E-state index in [1.165, 1.54) is 0 Å². The van der Waals surface area contributed by atoms with Crippen LogP contribution in [-0.2, 0) is 4.79 Å². The molecule has 0 saturated heterocycles. The number of amides is 1. The van der Waals surface area contributed by atoms with Gasteiger partial charge in [-0.05, 0) is 67.6 Å². The number of aliphatic carboxylic acids is 1. The zero-order chi connectivity index (χ0) is 22.2. The van der Waals surface area contributed by atoms with Gasteiger partial charge in [-0.3, -0.25) is 9.78 Å². The van der Waals surface area contributed by atoms with Crippen molar-refractivity contribution in [3.05, 3.63) is 76.7 Å². The van der Waals surface area contributed by atoms with Gasteiger partial charge in [0.25, 0.3) is 5.91 Å². The zero-order valence-electron chi connectivity index (χ0n) is 17.4. The van der Waals surface area contributed by atoms with Crippen molar-refractivity contribution in [3.8, 4) is 22.4 Å². The van der Waals surface area contributed by atoms with Gasteiger partial charge in [0, 0.05) is 5.56 Å². The first kappa shape index (κ1) is 20.9. The largest absolute Gasteiger partial charge is 0.478 e. The Morgan fingerprint density at radius 1 is 0.900 bits per heavy atom. The lowest BCUT2D eigenvalue weighted by atomic mass is 9.91. The first-order valence-electron chi connectivity index (χ1n) is 9.39. The highest BCUT2D eigenvalue weighted by molar-refractivity contribution is 6.14. The number of carbonyl (C=O) groups excluding carboxylic acids is 1. The standard InChI is InChI=1S/C24H23N3O3/c1-12-10-19(21-15(4)26-16(5)22(27-21)23(25)28)11-13(2)20(12)18-8-6-17(7-9-18)14(3)24(29)30/h6-11H,3H2,1-2,4-5H3,(H2,25,28)(H,29,30). The van der Waals surface area contributed by atoms with Crippen LogP contribution < -0.4 is 5.73 Å². The number of carboxylic acid groups (broad SMARTS) is 1. The molecule has 0 bridgehead atoms. The van der Waals surface area contributed by atoms with Crippen LogP contribution in [0.3, 0.4) is 0 Å². The van der Waals surface area contributed by atoms with Crippen LogP contribution in [0, 0.1) is 27.7 Å². The van der Waals surface area contributed by atoms with Gasteiger partial charge >= 0.3 is 5.97 Å². The lowest BCUT2D eigenvalue weighted by Gasteiger charge is -2.15. The molecule has 1 aromatic heterocycles. The smallest absolute Gasteiger partial charge is 0.335 e. The van der Waals surface area contributed by atoms with E-state index in [-0.39, 0.29) is 11.3 Å². The first-order chi connectivity index (χ1) is 14.1. The summed E-state index contributed by atoms with van der Waals surface area (Å²) in [5, 5.41) is 9.10. The highest BCUT2D eigenvalue weighted by Gasteiger charge is 2.16. The van der Waals surface area contributed by atoms with Gasteiger partial charge < -0.3 is 10.8 Å². The number of aryl methyl sites for hydroxylation is 4. The number of benzene rings is 2. The number of rotatable bonds is 5. The van der Waals surface area contributed by atoms with E-state index in [1.54, 1.807) is 19.1 Å². The second kappa shape index (κ2) is 7.91. The van der Waals surface area contributed by atoms with Crippen LogP contribution in [0.15, 0.2) is 43.0 Å². The van der Waals surface area contributed by atoms with Crippen LogP contribution in [0.4, 0.5) is 0 Å². The van der Waals surface area contributed by atoms with E-state index in [1.807, 2.05) is 45.0 Å². The number of aromatic nitrogens is 2.